The summed E-state index contributed by atoms with van der Waals surface area (Å²) >= 11 is 1.32. The molecule has 0 amide bonds. The van der Waals surface area contributed by atoms with Crippen molar-refractivity contribution in [1.29, 1.82) is 0 Å². The van der Waals surface area contributed by atoms with Crippen LogP contribution in [0.3, 0.4) is 0 Å². The minimum Gasteiger partial charge on any atom is -0.305 e. The Morgan fingerprint density at radius 2 is 1.75 bits per heavy atom. The maximum atomic E-state index is 12.7. The highest BCUT2D eigenvalue weighted by molar-refractivity contribution is 8.00. The summed E-state index contributed by atoms with van der Waals surface area (Å²) in [5.74, 6) is 0.616. The molecule has 0 spiro atoms. The number of ketones is 1. The van der Waals surface area contributed by atoms with Crippen molar-refractivity contribution in [2.24, 2.45) is 7.05 Å². The number of anilines is 1. The molecule has 0 aliphatic carbocycles. The molecule has 8 nitrogen and oxygen atoms in total. The summed E-state index contributed by atoms with van der Waals surface area (Å²) < 4.78 is 26.7. The van der Waals surface area contributed by atoms with Crippen LogP contribution < -0.4 is 4.72 Å². The van der Waals surface area contributed by atoms with Gasteiger partial charge in [-0.25, -0.2) is 8.42 Å². The van der Waals surface area contributed by atoms with Gasteiger partial charge in [-0.05, 0) is 43.3 Å². The van der Waals surface area contributed by atoms with Crippen LogP contribution in [0.25, 0.3) is 11.4 Å². The molecule has 1 atom stereocenters. The van der Waals surface area contributed by atoms with Gasteiger partial charge in [-0.2, -0.15) is 0 Å². The number of Topliss-reactive ketones (excluding diaryl/α,β-unsaturated/α-hetero) is 1. The molecule has 0 fully saturated rings. The summed E-state index contributed by atoms with van der Waals surface area (Å²) in [6.07, 6.45) is 4.45. The minimum absolute atomic E-state index is 0.0793. The van der Waals surface area contributed by atoms with Crippen molar-refractivity contribution in [3.05, 3.63) is 54.4 Å². The number of hydrogen-bond donors (Lipinski definition) is 1. The molecule has 0 bridgehead atoms. The van der Waals surface area contributed by atoms with Gasteiger partial charge in [0.25, 0.3) is 0 Å². The van der Waals surface area contributed by atoms with Gasteiger partial charge in [-0.1, -0.05) is 11.8 Å². The standard InChI is InChI=1S/C18H19N5O3S2/c1-12(16(24)13-4-6-15(7-5-13)22-28(3,25)26)27-18-21-20-17(23(18)2)14-8-10-19-11-9-14/h4-12,22H,1-3H3/t12-/m1/s1. The molecule has 3 aromatic rings. The van der Waals surface area contributed by atoms with Crippen LogP contribution in [0.1, 0.15) is 17.3 Å². The normalized spacial score (nSPS) is 12.5. The number of carbonyl (C=O) groups is 1. The molecule has 146 valence electrons. The van der Waals surface area contributed by atoms with E-state index in [0.29, 0.717) is 22.2 Å². The molecule has 1 N–H and O–H groups in total. The molecule has 0 saturated heterocycles. The highest BCUT2D eigenvalue weighted by atomic mass is 32.2. The van der Waals surface area contributed by atoms with Gasteiger partial charge in [0.2, 0.25) is 10.0 Å². The van der Waals surface area contributed by atoms with Gasteiger partial charge >= 0.3 is 0 Å². The van der Waals surface area contributed by atoms with Crippen LogP contribution in [0.5, 0.6) is 0 Å². The number of thioether (sulfide) groups is 1. The molecule has 28 heavy (non-hydrogen) atoms. The van der Waals surface area contributed by atoms with Crippen molar-refractivity contribution in [2.45, 2.75) is 17.3 Å². The number of aromatic nitrogens is 4. The van der Waals surface area contributed by atoms with E-state index in [2.05, 4.69) is 19.9 Å². The number of nitrogens with one attached hydrogen (secondary N) is 1. The fraction of sp³-hybridized carbons (Fsp3) is 0.222. The molecule has 0 aliphatic heterocycles. The van der Waals surface area contributed by atoms with E-state index in [-0.39, 0.29) is 11.0 Å². The third-order valence-corrected chi connectivity index (χ3v) is 5.64. The average Bonchev–Trinajstić information content (AvgIpc) is 3.01. The molecule has 10 heteroatoms. The second-order valence-electron chi connectivity index (χ2n) is 6.18. The van der Waals surface area contributed by atoms with E-state index >= 15 is 0 Å². The predicted molar refractivity (Wildman–Crippen MR) is 109 cm³/mol. The highest BCUT2D eigenvalue weighted by Crippen LogP contribution is 2.27. The Labute approximate surface area is 167 Å². The first-order valence-electron chi connectivity index (χ1n) is 8.33. The van der Waals surface area contributed by atoms with Gasteiger partial charge in [0.15, 0.2) is 16.8 Å². The zero-order valence-corrected chi connectivity index (χ0v) is 17.2. The van der Waals surface area contributed by atoms with Crippen LogP contribution >= 0.6 is 11.8 Å². The lowest BCUT2D eigenvalue weighted by atomic mass is 10.1. The van der Waals surface area contributed by atoms with Crippen LogP contribution in [0, 0.1) is 0 Å². The average molecular weight is 418 g/mol. The van der Waals surface area contributed by atoms with Crippen LogP contribution in [0.2, 0.25) is 0 Å². The zero-order chi connectivity index (χ0) is 20.3. The van der Waals surface area contributed by atoms with Crippen LogP contribution in [0.15, 0.2) is 53.9 Å². The van der Waals surface area contributed by atoms with E-state index in [0.717, 1.165) is 11.8 Å². The van der Waals surface area contributed by atoms with E-state index in [9.17, 15) is 13.2 Å². The van der Waals surface area contributed by atoms with Crippen molar-refractivity contribution in [3.8, 4) is 11.4 Å². The molecule has 2 aromatic heterocycles. The van der Waals surface area contributed by atoms with Gasteiger partial charge in [-0.3, -0.25) is 14.5 Å². The van der Waals surface area contributed by atoms with Gasteiger partial charge < -0.3 is 4.57 Å². The summed E-state index contributed by atoms with van der Waals surface area (Å²) in [5, 5.41) is 8.63. The maximum Gasteiger partial charge on any atom is 0.229 e. The van der Waals surface area contributed by atoms with Crippen molar-refractivity contribution in [1.82, 2.24) is 19.7 Å². The Bertz CT molecular complexity index is 1080. The predicted octanol–water partition coefficient (Wildman–Crippen LogP) is 2.61. The topological polar surface area (TPSA) is 107 Å². The lowest BCUT2D eigenvalue weighted by Crippen LogP contribution is -2.15. The fourth-order valence-corrected chi connectivity index (χ4v) is 3.99. The molecule has 0 aliphatic rings. The molecular weight excluding hydrogens is 398 g/mol. The Hall–Kier alpha value is -2.72. The molecule has 3 rings (SSSR count). The SMILES string of the molecule is C[C@@H](Sc1nnc(-c2ccncc2)n1C)C(=O)c1ccc(NS(C)(=O)=O)cc1. The van der Waals surface area contributed by atoms with Crippen molar-refractivity contribution >= 4 is 33.3 Å². The first kappa shape index (κ1) is 20.0. The second-order valence-corrected chi connectivity index (χ2v) is 9.23. The quantitative estimate of drug-likeness (QED) is 0.465. The summed E-state index contributed by atoms with van der Waals surface area (Å²) in [5.41, 5.74) is 1.80. The van der Waals surface area contributed by atoms with Crippen molar-refractivity contribution in [3.63, 3.8) is 0 Å². The third-order valence-electron chi connectivity index (χ3n) is 3.90. The second kappa shape index (κ2) is 8.11. The van der Waals surface area contributed by atoms with Crippen LogP contribution in [-0.2, 0) is 17.1 Å². The highest BCUT2D eigenvalue weighted by Gasteiger charge is 2.20. The Balaban J connectivity index is 1.72. The maximum absolute atomic E-state index is 12.7. The Morgan fingerprint density at radius 1 is 1.11 bits per heavy atom. The number of pyridine rings is 1. The number of rotatable bonds is 7. The van der Waals surface area contributed by atoms with Gasteiger partial charge in [0.1, 0.15) is 0 Å². The number of nitrogens with zero attached hydrogens (tertiary/aromatic N) is 4. The number of sulfonamides is 1. The number of carbonyl (C=O) groups excluding carboxylic acids is 1. The number of benzene rings is 1. The van der Waals surface area contributed by atoms with Gasteiger partial charge in [0.05, 0.1) is 11.5 Å². The lowest BCUT2D eigenvalue weighted by Gasteiger charge is -2.11. The monoisotopic (exact) mass is 417 g/mol. The summed E-state index contributed by atoms with van der Waals surface area (Å²) in [7, 11) is -1.51. The Kier molecular flexibility index (Phi) is 5.80. The van der Waals surface area contributed by atoms with Crippen molar-refractivity contribution < 1.29 is 13.2 Å². The Morgan fingerprint density at radius 3 is 2.36 bits per heavy atom. The third kappa shape index (κ3) is 4.76. The van der Waals surface area contributed by atoms with E-state index in [1.54, 1.807) is 43.6 Å². The van der Waals surface area contributed by atoms with Gasteiger partial charge in [-0.15, -0.1) is 10.2 Å². The van der Waals surface area contributed by atoms with E-state index in [1.807, 2.05) is 23.7 Å². The molecule has 2 heterocycles. The molecule has 0 radical (unpaired) electrons. The van der Waals surface area contributed by atoms with Crippen molar-refractivity contribution in [2.75, 3.05) is 11.0 Å². The zero-order valence-electron chi connectivity index (χ0n) is 15.5. The lowest BCUT2D eigenvalue weighted by molar-refractivity contribution is 0.0994. The summed E-state index contributed by atoms with van der Waals surface area (Å²) in [4.78, 5) is 16.7. The minimum atomic E-state index is -3.35. The fourth-order valence-electron chi connectivity index (χ4n) is 2.53. The molecule has 1 aromatic carbocycles. The largest absolute Gasteiger partial charge is 0.305 e. The summed E-state index contributed by atoms with van der Waals surface area (Å²) in [6, 6.07) is 10.0. The van der Waals surface area contributed by atoms with E-state index in [1.165, 1.54) is 11.8 Å². The molecular formula is C18H19N5O3S2. The first-order valence-corrected chi connectivity index (χ1v) is 11.1. The van der Waals surface area contributed by atoms with Crippen LogP contribution in [0.4, 0.5) is 5.69 Å². The van der Waals surface area contributed by atoms with Crippen LogP contribution in [-0.4, -0.2) is 45.5 Å². The van der Waals surface area contributed by atoms with E-state index in [4.69, 9.17) is 0 Å². The first-order chi connectivity index (χ1) is 13.2. The summed E-state index contributed by atoms with van der Waals surface area (Å²) in [6.45, 7) is 1.80. The molecule has 0 saturated carbocycles. The van der Waals surface area contributed by atoms with Gasteiger partial charge in [0, 0.05) is 36.3 Å². The van der Waals surface area contributed by atoms with E-state index < -0.39 is 10.0 Å². The molecule has 0 unspecified atom stereocenters. The smallest absolute Gasteiger partial charge is 0.229 e. The number of hydrogen-bond acceptors (Lipinski definition) is 7.